The molecule has 8 nitrogen and oxygen atoms in total. The average molecular weight is 415 g/mol. The maximum atomic E-state index is 12.7. The molecule has 154 valence electrons. The van der Waals surface area contributed by atoms with E-state index in [-0.39, 0.29) is 23.6 Å². The number of rotatable bonds is 4. The molecule has 0 saturated heterocycles. The van der Waals surface area contributed by atoms with E-state index in [0.717, 1.165) is 21.0 Å². The number of H-pyrrole nitrogens is 1. The molecule has 0 bridgehead atoms. The highest BCUT2D eigenvalue weighted by Crippen LogP contribution is 2.26. The van der Waals surface area contributed by atoms with E-state index in [2.05, 4.69) is 25.5 Å². The van der Waals surface area contributed by atoms with E-state index in [1.165, 1.54) is 6.92 Å². The van der Waals surface area contributed by atoms with Gasteiger partial charge in [-0.3, -0.25) is 9.89 Å². The van der Waals surface area contributed by atoms with Crippen molar-refractivity contribution in [3.63, 3.8) is 0 Å². The van der Waals surface area contributed by atoms with Crippen LogP contribution in [0, 0.1) is 6.92 Å². The topological polar surface area (TPSA) is 101 Å². The van der Waals surface area contributed by atoms with E-state index in [4.69, 9.17) is 0 Å². The summed E-state index contributed by atoms with van der Waals surface area (Å²) in [5, 5.41) is 14.1. The number of nitrogens with one attached hydrogen (secondary N) is 2. The van der Waals surface area contributed by atoms with Crippen LogP contribution in [0.1, 0.15) is 40.8 Å². The molecule has 0 radical (unpaired) electrons. The monoisotopic (exact) mass is 415 g/mol. The van der Waals surface area contributed by atoms with Crippen molar-refractivity contribution in [3.8, 4) is 5.95 Å². The molecule has 1 amide bonds. The van der Waals surface area contributed by atoms with Crippen molar-refractivity contribution in [2.75, 3.05) is 0 Å². The second-order valence-corrected chi connectivity index (χ2v) is 6.64. The zero-order chi connectivity index (χ0) is 21.5. The Morgan fingerprint density at radius 2 is 1.87 bits per heavy atom. The van der Waals surface area contributed by atoms with Gasteiger partial charge in [-0.2, -0.15) is 22.8 Å². The van der Waals surface area contributed by atoms with E-state index in [1.807, 2.05) is 49.4 Å². The summed E-state index contributed by atoms with van der Waals surface area (Å²) in [5.74, 6) is -2.20. The van der Waals surface area contributed by atoms with Crippen LogP contribution >= 0.6 is 0 Å². The molecule has 0 aliphatic heterocycles. The SMILES string of the molecule is Cc1nc(C(=O)N[C@H](C)c2cccc3ccccc23)nn1-c1n[nH]c(C(F)(F)F)n1. The summed E-state index contributed by atoms with van der Waals surface area (Å²) >= 11 is 0. The number of aromatic amines is 1. The molecule has 0 aliphatic rings. The van der Waals surface area contributed by atoms with Crippen molar-refractivity contribution in [1.82, 2.24) is 35.3 Å². The predicted molar refractivity (Wildman–Crippen MR) is 101 cm³/mol. The van der Waals surface area contributed by atoms with Crippen molar-refractivity contribution in [1.29, 1.82) is 0 Å². The highest BCUT2D eigenvalue weighted by Gasteiger charge is 2.35. The van der Waals surface area contributed by atoms with Gasteiger partial charge in [-0.05, 0) is 30.2 Å². The molecular weight excluding hydrogens is 399 g/mol. The third kappa shape index (κ3) is 3.61. The molecule has 2 aromatic carbocycles. The van der Waals surface area contributed by atoms with Gasteiger partial charge in [0.15, 0.2) is 0 Å². The normalized spacial score (nSPS) is 12.8. The van der Waals surface area contributed by atoms with Crippen molar-refractivity contribution in [2.24, 2.45) is 0 Å². The Hall–Kier alpha value is -3.76. The maximum absolute atomic E-state index is 12.7. The summed E-state index contributed by atoms with van der Waals surface area (Å²) in [4.78, 5) is 20.0. The number of benzene rings is 2. The Balaban J connectivity index is 1.57. The van der Waals surface area contributed by atoms with Gasteiger partial charge in [-0.15, -0.1) is 10.2 Å². The van der Waals surface area contributed by atoms with Crippen molar-refractivity contribution >= 4 is 16.7 Å². The van der Waals surface area contributed by atoms with Crippen LogP contribution < -0.4 is 5.32 Å². The van der Waals surface area contributed by atoms with E-state index in [1.54, 1.807) is 5.10 Å². The van der Waals surface area contributed by atoms with Crippen molar-refractivity contribution < 1.29 is 18.0 Å². The van der Waals surface area contributed by atoms with Gasteiger partial charge in [0.25, 0.3) is 11.9 Å². The first-order chi connectivity index (χ1) is 14.2. The molecule has 0 aliphatic carbocycles. The van der Waals surface area contributed by atoms with Gasteiger partial charge in [-0.1, -0.05) is 42.5 Å². The van der Waals surface area contributed by atoms with Gasteiger partial charge >= 0.3 is 6.18 Å². The Morgan fingerprint density at radius 1 is 1.13 bits per heavy atom. The van der Waals surface area contributed by atoms with Crippen LogP contribution in [-0.4, -0.2) is 35.9 Å². The molecule has 2 aromatic heterocycles. The molecule has 0 saturated carbocycles. The summed E-state index contributed by atoms with van der Waals surface area (Å²) in [7, 11) is 0. The summed E-state index contributed by atoms with van der Waals surface area (Å²) in [6.07, 6.45) is -4.67. The van der Waals surface area contributed by atoms with Crippen LogP contribution in [0.5, 0.6) is 0 Å². The van der Waals surface area contributed by atoms with E-state index in [9.17, 15) is 18.0 Å². The van der Waals surface area contributed by atoms with Crippen LogP contribution in [-0.2, 0) is 6.18 Å². The number of hydrogen-bond acceptors (Lipinski definition) is 5. The quantitative estimate of drug-likeness (QED) is 0.532. The van der Waals surface area contributed by atoms with E-state index in [0.29, 0.717) is 0 Å². The molecule has 2 N–H and O–H groups in total. The number of fused-ring (bicyclic) bond motifs is 1. The third-order valence-corrected chi connectivity index (χ3v) is 4.54. The fraction of sp³-hybridized carbons (Fsp3) is 0.211. The number of carbonyl (C=O) groups is 1. The van der Waals surface area contributed by atoms with Gasteiger partial charge in [0.05, 0.1) is 6.04 Å². The first kappa shape index (κ1) is 19.6. The summed E-state index contributed by atoms with van der Waals surface area (Å²) < 4.78 is 39.1. The van der Waals surface area contributed by atoms with E-state index >= 15 is 0 Å². The lowest BCUT2D eigenvalue weighted by atomic mass is 10.00. The molecule has 30 heavy (non-hydrogen) atoms. The standard InChI is InChI=1S/C19H16F3N7O/c1-10(13-9-5-7-12-6-3-4-8-14(12)13)23-16(30)15-24-11(2)29(28-15)18-25-17(26-27-18)19(20,21)22/h3-10H,1-2H3,(H,23,30)(H,25,26,27)/t10-/m1/s1. The Kier molecular flexibility index (Phi) is 4.72. The summed E-state index contributed by atoms with van der Waals surface area (Å²) in [6.45, 7) is 3.32. The Labute approximate surface area is 168 Å². The maximum Gasteiger partial charge on any atom is 0.451 e. The molecule has 2 heterocycles. The highest BCUT2D eigenvalue weighted by atomic mass is 19.4. The number of amides is 1. The minimum absolute atomic E-state index is 0.172. The first-order valence-electron chi connectivity index (χ1n) is 8.96. The third-order valence-electron chi connectivity index (χ3n) is 4.54. The van der Waals surface area contributed by atoms with Crippen LogP contribution in [0.25, 0.3) is 16.7 Å². The predicted octanol–water partition coefficient (Wildman–Crippen LogP) is 3.36. The molecule has 0 spiro atoms. The number of aryl methyl sites for hydroxylation is 1. The minimum atomic E-state index is -4.67. The Morgan fingerprint density at radius 3 is 2.60 bits per heavy atom. The van der Waals surface area contributed by atoms with Gasteiger partial charge in [0.1, 0.15) is 5.82 Å². The van der Waals surface area contributed by atoms with Crippen molar-refractivity contribution in [2.45, 2.75) is 26.1 Å². The van der Waals surface area contributed by atoms with E-state index < -0.39 is 17.9 Å². The number of carbonyl (C=O) groups excluding carboxylic acids is 1. The number of alkyl halides is 3. The van der Waals surface area contributed by atoms with Crippen LogP contribution in [0.15, 0.2) is 42.5 Å². The zero-order valence-corrected chi connectivity index (χ0v) is 15.9. The summed E-state index contributed by atoms with van der Waals surface area (Å²) in [6, 6.07) is 13.2. The number of aromatic nitrogens is 6. The second-order valence-electron chi connectivity index (χ2n) is 6.64. The lowest BCUT2D eigenvalue weighted by Gasteiger charge is -2.15. The average Bonchev–Trinajstić information content (AvgIpc) is 3.34. The molecule has 0 fully saturated rings. The minimum Gasteiger partial charge on any atom is -0.343 e. The highest BCUT2D eigenvalue weighted by molar-refractivity contribution is 5.92. The number of halogens is 3. The molecular formula is C19H16F3N7O. The first-order valence-corrected chi connectivity index (χ1v) is 8.96. The van der Waals surface area contributed by atoms with Gasteiger partial charge in [0, 0.05) is 0 Å². The molecule has 4 aromatic rings. The molecule has 0 unspecified atom stereocenters. The lowest BCUT2D eigenvalue weighted by Crippen LogP contribution is -2.28. The van der Waals surface area contributed by atoms with Crippen LogP contribution in [0.3, 0.4) is 0 Å². The number of nitrogens with zero attached hydrogens (tertiary/aromatic N) is 5. The van der Waals surface area contributed by atoms with Gasteiger partial charge in [0.2, 0.25) is 11.6 Å². The van der Waals surface area contributed by atoms with Crippen LogP contribution in [0.4, 0.5) is 13.2 Å². The second kappa shape index (κ2) is 7.25. The molecule has 1 atom stereocenters. The smallest absolute Gasteiger partial charge is 0.343 e. The van der Waals surface area contributed by atoms with Crippen molar-refractivity contribution in [3.05, 3.63) is 65.5 Å². The van der Waals surface area contributed by atoms with Gasteiger partial charge in [-0.25, -0.2) is 4.98 Å². The largest absolute Gasteiger partial charge is 0.451 e. The summed E-state index contributed by atoms with van der Waals surface area (Å²) in [5.41, 5.74) is 0.918. The Bertz CT molecular complexity index is 1220. The fourth-order valence-corrected chi connectivity index (χ4v) is 3.12. The van der Waals surface area contributed by atoms with Crippen LogP contribution in [0.2, 0.25) is 0 Å². The molecule has 11 heteroatoms. The van der Waals surface area contributed by atoms with Gasteiger partial charge < -0.3 is 5.32 Å². The number of hydrogen-bond donors (Lipinski definition) is 2. The lowest BCUT2D eigenvalue weighted by molar-refractivity contribution is -0.144. The zero-order valence-electron chi connectivity index (χ0n) is 15.9. The molecule has 4 rings (SSSR count). The fourth-order valence-electron chi connectivity index (χ4n) is 3.12.